The molecule has 8 heteroatoms. The summed E-state index contributed by atoms with van der Waals surface area (Å²) in [4.78, 5) is 25.5. The van der Waals surface area contributed by atoms with Crippen LogP contribution in [0.3, 0.4) is 0 Å². The number of benzene rings is 2. The molecule has 1 unspecified atom stereocenters. The van der Waals surface area contributed by atoms with Crippen molar-refractivity contribution >= 4 is 12.2 Å². The van der Waals surface area contributed by atoms with Gasteiger partial charge in [0.25, 0.3) is 0 Å². The molecule has 2 aromatic carbocycles. The minimum atomic E-state index is -4.81. The predicted octanol–water partition coefficient (Wildman–Crippen LogP) is 3.12. The number of ether oxygens (including phenoxy) is 2. The Morgan fingerprint density at radius 1 is 1.14 bits per heavy atom. The van der Waals surface area contributed by atoms with Crippen LogP contribution in [0.5, 0.6) is 5.75 Å². The lowest BCUT2D eigenvalue weighted by atomic mass is 10.0. The molecule has 0 radical (unpaired) electrons. The van der Waals surface area contributed by atoms with Gasteiger partial charge in [0.15, 0.2) is 12.5 Å². The number of carbonyl (C=O) groups is 2. The molecule has 3 rings (SSSR count). The Morgan fingerprint density at radius 3 is 2.54 bits per heavy atom. The van der Waals surface area contributed by atoms with Crippen molar-refractivity contribution < 1.29 is 32.2 Å². The first-order valence-electron chi connectivity index (χ1n) is 8.62. The van der Waals surface area contributed by atoms with Crippen LogP contribution < -0.4 is 4.74 Å². The van der Waals surface area contributed by atoms with Crippen molar-refractivity contribution in [2.45, 2.75) is 31.5 Å². The number of aldehydes is 1. The average molecular weight is 393 g/mol. The Hall–Kier alpha value is -2.87. The Balaban J connectivity index is 1.73. The first-order valence-corrected chi connectivity index (χ1v) is 8.62. The quantitative estimate of drug-likeness (QED) is 0.708. The molecule has 0 N–H and O–H groups in total. The second kappa shape index (κ2) is 8.43. The fourth-order valence-electron chi connectivity index (χ4n) is 3.19. The third-order valence-corrected chi connectivity index (χ3v) is 4.33. The molecule has 2 aromatic rings. The van der Waals surface area contributed by atoms with Crippen molar-refractivity contribution in [2.75, 3.05) is 6.61 Å². The van der Waals surface area contributed by atoms with E-state index in [2.05, 4.69) is 4.74 Å². The second-order valence-electron chi connectivity index (χ2n) is 6.38. The highest BCUT2D eigenvalue weighted by Crippen LogP contribution is 2.25. The lowest BCUT2D eigenvalue weighted by Gasteiger charge is -2.26. The maximum Gasteiger partial charge on any atom is 0.573 e. The van der Waals surface area contributed by atoms with E-state index in [-0.39, 0.29) is 19.1 Å². The molecule has 0 bridgehead atoms. The molecule has 1 fully saturated rings. The van der Waals surface area contributed by atoms with Crippen molar-refractivity contribution in [3.63, 3.8) is 0 Å². The molecule has 0 saturated carbocycles. The maximum absolute atomic E-state index is 12.8. The van der Waals surface area contributed by atoms with Gasteiger partial charge in [0.05, 0.1) is 19.1 Å². The molecular weight excluding hydrogens is 375 g/mol. The standard InChI is InChI=1S/C20H18F3NO4/c21-20(22,23)28-17-8-4-7-15(10-17)11-18(26)24-16(13-27-19(24)12-25)9-14-5-2-1-3-6-14/h1-8,10,12,16,19H,9,11,13H2/t16-,19?/m0/s1. The van der Waals surface area contributed by atoms with Crippen LogP contribution in [0, 0.1) is 0 Å². The van der Waals surface area contributed by atoms with Crippen molar-refractivity contribution in [3.05, 3.63) is 65.7 Å². The molecule has 1 saturated heterocycles. The summed E-state index contributed by atoms with van der Waals surface area (Å²) in [6.07, 6.45) is -4.93. The zero-order valence-electron chi connectivity index (χ0n) is 14.8. The Kier molecular flexibility index (Phi) is 5.99. The lowest BCUT2D eigenvalue weighted by Crippen LogP contribution is -2.44. The number of nitrogens with zero attached hydrogens (tertiary/aromatic N) is 1. The van der Waals surface area contributed by atoms with Crippen LogP contribution >= 0.6 is 0 Å². The van der Waals surface area contributed by atoms with Crippen LogP contribution in [-0.4, -0.2) is 42.3 Å². The summed E-state index contributed by atoms with van der Waals surface area (Å²) in [5.41, 5.74) is 1.34. The predicted molar refractivity (Wildman–Crippen MR) is 93.4 cm³/mol. The van der Waals surface area contributed by atoms with Gasteiger partial charge in [-0.2, -0.15) is 0 Å². The number of hydrogen-bond acceptors (Lipinski definition) is 4. The van der Waals surface area contributed by atoms with E-state index in [0.717, 1.165) is 17.7 Å². The Bertz CT molecular complexity index is 826. The fourth-order valence-corrected chi connectivity index (χ4v) is 3.19. The van der Waals surface area contributed by atoms with Crippen molar-refractivity contribution in [1.82, 2.24) is 4.90 Å². The number of carbonyl (C=O) groups excluding carboxylic acids is 2. The highest BCUT2D eigenvalue weighted by molar-refractivity contribution is 5.82. The van der Waals surface area contributed by atoms with Gasteiger partial charge in [0.2, 0.25) is 5.91 Å². The minimum Gasteiger partial charge on any atom is -0.406 e. The van der Waals surface area contributed by atoms with Gasteiger partial charge in [-0.25, -0.2) is 0 Å². The fraction of sp³-hybridized carbons (Fsp3) is 0.300. The number of hydrogen-bond donors (Lipinski definition) is 0. The summed E-state index contributed by atoms with van der Waals surface area (Å²) in [6.45, 7) is 0.210. The van der Waals surface area contributed by atoms with E-state index in [1.807, 2.05) is 30.3 Å². The summed E-state index contributed by atoms with van der Waals surface area (Å²) in [5, 5.41) is 0. The van der Waals surface area contributed by atoms with Gasteiger partial charge in [-0.05, 0) is 29.7 Å². The van der Waals surface area contributed by atoms with Gasteiger partial charge in [-0.15, -0.1) is 13.2 Å². The van der Waals surface area contributed by atoms with Crippen LogP contribution in [0.4, 0.5) is 13.2 Å². The molecular formula is C20H18F3NO4. The smallest absolute Gasteiger partial charge is 0.406 e. The molecule has 28 heavy (non-hydrogen) atoms. The summed E-state index contributed by atoms with van der Waals surface area (Å²) >= 11 is 0. The first-order chi connectivity index (χ1) is 13.4. The minimum absolute atomic E-state index is 0.173. The molecule has 0 spiro atoms. The number of amides is 1. The van der Waals surface area contributed by atoms with Crippen LogP contribution in [0.15, 0.2) is 54.6 Å². The van der Waals surface area contributed by atoms with Crippen LogP contribution in [0.2, 0.25) is 0 Å². The van der Waals surface area contributed by atoms with Gasteiger partial charge in [0.1, 0.15) is 5.75 Å². The Labute approximate surface area is 159 Å². The van der Waals surface area contributed by atoms with E-state index in [1.165, 1.54) is 17.0 Å². The lowest BCUT2D eigenvalue weighted by molar-refractivity contribution is -0.274. The van der Waals surface area contributed by atoms with E-state index in [0.29, 0.717) is 18.3 Å². The molecule has 1 heterocycles. The van der Waals surface area contributed by atoms with Gasteiger partial charge in [-0.3, -0.25) is 9.59 Å². The van der Waals surface area contributed by atoms with Gasteiger partial charge >= 0.3 is 6.36 Å². The molecule has 1 amide bonds. The van der Waals surface area contributed by atoms with Gasteiger partial charge in [0, 0.05) is 0 Å². The Morgan fingerprint density at radius 2 is 1.86 bits per heavy atom. The third kappa shape index (κ3) is 5.10. The zero-order valence-corrected chi connectivity index (χ0v) is 14.8. The maximum atomic E-state index is 12.8. The molecule has 0 aliphatic carbocycles. The van der Waals surface area contributed by atoms with Gasteiger partial charge in [-0.1, -0.05) is 42.5 Å². The van der Waals surface area contributed by atoms with Crippen molar-refractivity contribution in [2.24, 2.45) is 0 Å². The van der Waals surface area contributed by atoms with E-state index >= 15 is 0 Å². The number of alkyl halides is 3. The van der Waals surface area contributed by atoms with E-state index < -0.39 is 24.2 Å². The van der Waals surface area contributed by atoms with Crippen molar-refractivity contribution in [3.8, 4) is 5.75 Å². The summed E-state index contributed by atoms with van der Waals surface area (Å²) in [6, 6.07) is 14.3. The van der Waals surface area contributed by atoms with Crippen LogP contribution in [-0.2, 0) is 27.2 Å². The summed E-state index contributed by atoms with van der Waals surface area (Å²) < 4.78 is 46.4. The molecule has 1 aliphatic rings. The second-order valence-corrected chi connectivity index (χ2v) is 6.38. The number of halogens is 3. The average Bonchev–Trinajstić information content (AvgIpc) is 3.04. The number of rotatable bonds is 6. The van der Waals surface area contributed by atoms with E-state index in [9.17, 15) is 22.8 Å². The largest absolute Gasteiger partial charge is 0.573 e. The molecule has 0 aromatic heterocycles. The molecule has 1 aliphatic heterocycles. The SMILES string of the molecule is O=CC1OC[C@H](Cc2ccccc2)N1C(=O)Cc1cccc(OC(F)(F)F)c1. The molecule has 148 valence electrons. The first kappa shape index (κ1) is 19.9. The summed E-state index contributed by atoms with van der Waals surface area (Å²) in [5.74, 6) is -0.803. The molecule has 5 nitrogen and oxygen atoms in total. The molecule has 2 atom stereocenters. The highest BCUT2D eigenvalue weighted by atomic mass is 19.4. The highest BCUT2D eigenvalue weighted by Gasteiger charge is 2.37. The van der Waals surface area contributed by atoms with Crippen LogP contribution in [0.25, 0.3) is 0 Å². The van der Waals surface area contributed by atoms with Gasteiger partial charge < -0.3 is 14.4 Å². The zero-order chi connectivity index (χ0) is 20.1. The van der Waals surface area contributed by atoms with E-state index in [4.69, 9.17) is 4.74 Å². The normalized spacial score (nSPS) is 19.5. The topological polar surface area (TPSA) is 55.8 Å². The van der Waals surface area contributed by atoms with Crippen LogP contribution in [0.1, 0.15) is 11.1 Å². The van der Waals surface area contributed by atoms with Crippen molar-refractivity contribution in [1.29, 1.82) is 0 Å². The summed E-state index contributed by atoms with van der Waals surface area (Å²) in [7, 11) is 0. The van der Waals surface area contributed by atoms with E-state index in [1.54, 1.807) is 0 Å². The third-order valence-electron chi connectivity index (χ3n) is 4.33. The monoisotopic (exact) mass is 393 g/mol.